The SMILES string of the molecule is C[C@H](NC(=O)c1cc(-c2ccc(C#N)cc2)cc2cnn(Cc3ccc4ccccc4n3)c12)c1ccc(C(=O)O)cc1. The van der Waals surface area contributed by atoms with Gasteiger partial charge in [-0.2, -0.15) is 10.4 Å². The van der Waals surface area contributed by atoms with Gasteiger partial charge in [0, 0.05) is 10.8 Å². The topological polar surface area (TPSA) is 121 Å². The molecule has 204 valence electrons. The molecule has 1 amide bonds. The summed E-state index contributed by atoms with van der Waals surface area (Å²) in [5.74, 6) is -1.30. The molecule has 0 fully saturated rings. The van der Waals surface area contributed by atoms with Crippen molar-refractivity contribution in [3.05, 3.63) is 131 Å². The van der Waals surface area contributed by atoms with Crippen LogP contribution < -0.4 is 5.32 Å². The number of hydrogen-bond acceptors (Lipinski definition) is 5. The Morgan fingerprint density at radius 1 is 0.929 bits per heavy atom. The quantitative estimate of drug-likeness (QED) is 0.238. The molecule has 6 aromatic rings. The molecule has 6 rings (SSSR count). The first-order valence-electron chi connectivity index (χ1n) is 13.4. The standard InChI is InChI=1S/C34H25N5O3/c1-21(23-10-12-26(13-11-23)34(41)42)37-33(40)30-17-27(24-8-6-22(18-35)7-9-24)16-28-19-36-39(32(28)30)20-29-15-14-25-4-2-3-5-31(25)38-29/h2-17,19,21H,20H2,1H3,(H,37,40)(H,41,42)/t21-/m0/s1. The van der Waals surface area contributed by atoms with Crippen LogP contribution in [0, 0.1) is 11.3 Å². The number of benzene rings is 4. The van der Waals surface area contributed by atoms with E-state index in [2.05, 4.69) is 16.5 Å². The Labute approximate surface area is 241 Å². The molecular weight excluding hydrogens is 526 g/mol. The lowest BCUT2D eigenvalue weighted by Crippen LogP contribution is -2.27. The van der Waals surface area contributed by atoms with E-state index < -0.39 is 5.97 Å². The number of amides is 1. The van der Waals surface area contributed by atoms with Crippen LogP contribution in [0.5, 0.6) is 0 Å². The van der Waals surface area contributed by atoms with Crippen LogP contribution in [0.1, 0.15) is 50.5 Å². The number of nitrogens with one attached hydrogen (secondary N) is 1. The molecule has 0 saturated carbocycles. The summed E-state index contributed by atoms with van der Waals surface area (Å²) in [7, 11) is 0. The van der Waals surface area contributed by atoms with Crippen molar-refractivity contribution in [2.24, 2.45) is 0 Å². The van der Waals surface area contributed by atoms with Gasteiger partial charge in [0.15, 0.2) is 0 Å². The lowest BCUT2D eigenvalue weighted by atomic mass is 9.98. The third-order valence-electron chi connectivity index (χ3n) is 7.30. The number of pyridine rings is 1. The lowest BCUT2D eigenvalue weighted by Gasteiger charge is -2.17. The van der Waals surface area contributed by atoms with Gasteiger partial charge >= 0.3 is 5.97 Å². The largest absolute Gasteiger partial charge is 0.478 e. The van der Waals surface area contributed by atoms with E-state index in [0.717, 1.165) is 38.7 Å². The summed E-state index contributed by atoms with van der Waals surface area (Å²) >= 11 is 0. The molecule has 0 aliphatic rings. The zero-order chi connectivity index (χ0) is 29.2. The number of hydrogen-bond donors (Lipinski definition) is 2. The summed E-state index contributed by atoms with van der Waals surface area (Å²) < 4.78 is 1.79. The van der Waals surface area contributed by atoms with Crippen LogP contribution in [0.15, 0.2) is 103 Å². The van der Waals surface area contributed by atoms with Crippen molar-refractivity contribution < 1.29 is 14.7 Å². The number of carboxylic acid groups (broad SMARTS) is 1. The first-order chi connectivity index (χ1) is 20.4. The highest BCUT2D eigenvalue weighted by atomic mass is 16.4. The Bertz CT molecular complexity index is 2000. The first kappa shape index (κ1) is 26.4. The molecule has 0 aliphatic heterocycles. The Balaban J connectivity index is 1.40. The molecule has 0 spiro atoms. The fourth-order valence-corrected chi connectivity index (χ4v) is 5.05. The Hall–Kier alpha value is -5.81. The van der Waals surface area contributed by atoms with Crippen LogP contribution in [-0.4, -0.2) is 31.7 Å². The van der Waals surface area contributed by atoms with Crippen LogP contribution in [0.25, 0.3) is 32.9 Å². The maximum absolute atomic E-state index is 13.9. The molecule has 0 bridgehead atoms. The van der Waals surface area contributed by atoms with E-state index >= 15 is 0 Å². The van der Waals surface area contributed by atoms with Crippen molar-refractivity contribution in [3.63, 3.8) is 0 Å². The number of carbonyl (C=O) groups excluding carboxylic acids is 1. The third kappa shape index (κ3) is 5.19. The number of carbonyl (C=O) groups is 2. The first-order valence-corrected chi connectivity index (χ1v) is 13.4. The van der Waals surface area contributed by atoms with Crippen LogP contribution in [-0.2, 0) is 6.54 Å². The van der Waals surface area contributed by atoms with E-state index in [1.165, 1.54) is 12.1 Å². The minimum Gasteiger partial charge on any atom is -0.478 e. The highest BCUT2D eigenvalue weighted by Crippen LogP contribution is 2.29. The number of nitrogens with zero attached hydrogens (tertiary/aromatic N) is 4. The maximum Gasteiger partial charge on any atom is 0.335 e. The molecule has 2 N–H and O–H groups in total. The highest BCUT2D eigenvalue weighted by molar-refractivity contribution is 6.07. The van der Waals surface area contributed by atoms with Gasteiger partial charge in [0.25, 0.3) is 5.91 Å². The van der Waals surface area contributed by atoms with Crippen LogP contribution in [0.4, 0.5) is 0 Å². The number of fused-ring (bicyclic) bond motifs is 2. The summed E-state index contributed by atoms with van der Waals surface area (Å²) in [6.07, 6.45) is 1.74. The second kappa shape index (κ2) is 11.0. The van der Waals surface area contributed by atoms with Crippen LogP contribution in [0.3, 0.4) is 0 Å². The van der Waals surface area contributed by atoms with Crippen molar-refractivity contribution in [2.75, 3.05) is 0 Å². The smallest absolute Gasteiger partial charge is 0.335 e. The van der Waals surface area contributed by atoms with Gasteiger partial charge in [0.05, 0.1) is 58.3 Å². The molecule has 8 nitrogen and oxygen atoms in total. The second-order valence-corrected chi connectivity index (χ2v) is 10.1. The monoisotopic (exact) mass is 551 g/mol. The fourth-order valence-electron chi connectivity index (χ4n) is 5.05. The predicted molar refractivity (Wildman–Crippen MR) is 160 cm³/mol. The van der Waals surface area contributed by atoms with Gasteiger partial charge in [-0.05, 0) is 72.1 Å². The van der Waals surface area contributed by atoms with E-state index in [9.17, 15) is 20.0 Å². The molecular formula is C34H25N5O3. The van der Waals surface area contributed by atoms with Crippen molar-refractivity contribution in [2.45, 2.75) is 19.5 Å². The van der Waals surface area contributed by atoms with Gasteiger partial charge in [0.2, 0.25) is 0 Å². The van der Waals surface area contributed by atoms with Crippen molar-refractivity contribution >= 4 is 33.7 Å². The molecule has 0 aliphatic carbocycles. The summed E-state index contributed by atoms with van der Waals surface area (Å²) in [4.78, 5) is 29.9. The molecule has 4 aromatic carbocycles. The predicted octanol–water partition coefficient (Wildman–Crippen LogP) is 6.36. The van der Waals surface area contributed by atoms with Crippen molar-refractivity contribution in [3.8, 4) is 17.2 Å². The summed E-state index contributed by atoms with van der Waals surface area (Å²) in [5, 5.41) is 28.0. The molecule has 0 saturated heterocycles. The average Bonchev–Trinajstić information content (AvgIpc) is 3.42. The average molecular weight is 552 g/mol. The van der Waals surface area contributed by atoms with Crippen LogP contribution in [0.2, 0.25) is 0 Å². The van der Waals surface area contributed by atoms with Crippen molar-refractivity contribution in [1.29, 1.82) is 5.26 Å². The van der Waals surface area contributed by atoms with Gasteiger partial charge in [-0.25, -0.2) is 4.79 Å². The van der Waals surface area contributed by atoms with E-state index in [4.69, 9.17) is 4.98 Å². The number of aromatic nitrogens is 3. The molecule has 0 radical (unpaired) electrons. The number of aromatic carboxylic acids is 1. The molecule has 0 unspecified atom stereocenters. The number of rotatable bonds is 7. The van der Waals surface area contributed by atoms with Gasteiger partial charge < -0.3 is 10.4 Å². The Morgan fingerprint density at radius 3 is 2.43 bits per heavy atom. The number of nitriles is 1. The second-order valence-electron chi connectivity index (χ2n) is 10.1. The van der Waals surface area contributed by atoms with Gasteiger partial charge in [-0.3, -0.25) is 14.5 Å². The minimum absolute atomic E-state index is 0.181. The Morgan fingerprint density at radius 2 is 1.69 bits per heavy atom. The van der Waals surface area contributed by atoms with E-state index in [-0.39, 0.29) is 17.5 Å². The molecule has 1 atom stereocenters. The zero-order valence-electron chi connectivity index (χ0n) is 22.7. The minimum atomic E-state index is -1.01. The summed E-state index contributed by atoms with van der Waals surface area (Å²) in [6, 6.07) is 31.1. The fraction of sp³-hybridized carbons (Fsp3) is 0.0882. The van der Waals surface area contributed by atoms with Gasteiger partial charge in [-0.15, -0.1) is 0 Å². The normalized spacial score (nSPS) is 11.7. The summed E-state index contributed by atoms with van der Waals surface area (Å²) in [5.41, 5.74) is 6.01. The molecule has 8 heteroatoms. The molecule has 2 aromatic heterocycles. The number of carboxylic acids is 1. The molecule has 2 heterocycles. The zero-order valence-corrected chi connectivity index (χ0v) is 22.7. The summed E-state index contributed by atoms with van der Waals surface area (Å²) in [6.45, 7) is 2.22. The van der Waals surface area contributed by atoms with E-state index in [0.29, 0.717) is 23.2 Å². The van der Waals surface area contributed by atoms with E-state index in [1.54, 1.807) is 35.1 Å². The van der Waals surface area contributed by atoms with E-state index in [1.807, 2.05) is 67.6 Å². The van der Waals surface area contributed by atoms with Crippen molar-refractivity contribution in [1.82, 2.24) is 20.1 Å². The maximum atomic E-state index is 13.9. The number of para-hydroxylation sites is 1. The highest BCUT2D eigenvalue weighted by Gasteiger charge is 2.20. The molecule has 42 heavy (non-hydrogen) atoms. The Kier molecular flexibility index (Phi) is 6.91. The van der Waals surface area contributed by atoms with Gasteiger partial charge in [0.1, 0.15) is 0 Å². The lowest BCUT2D eigenvalue weighted by molar-refractivity contribution is 0.0696. The van der Waals surface area contributed by atoms with Crippen LogP contribution >= 0.6 is 0 Å². The third-order valence-corrected chi connectivity index (χ3v) is 7.30. The van der Waals surface area contributed by atoms with Gasteiger partial charge in [-0.1, -0.05) is 48.5 Å².